The van der Waals surface area contributed by atoms with Gasteiger partial charge in [-0.15, -0.1) is 0 Å². The van der Waals surface area contributed by atoms with E-state index in [1.54, 1.807) is 6.07 Å². The molecule has 1 aromatic heterocycles. The third kappa shape index (κ3) is 3.09. The van der Waals surface area contributed by atoms with Gasteiger partial charge in [-0.3, -0.25) is 0 Å². The van der Waals surface area contributed by atoms with Crippen LogP contribution in [0.4, 0.5) is 11.4 Å². The number of benzene rings is 1. The van der Waals surface area contributed by atoms with Gasteiger partial charge in [-0.05, 0) is 32.0 Å². The van der Waals surface area contributed by atoms with Crippen molar-refractivity contribution in [1.82, 2.24) is 4.98 Å². The first kappa shape index (κ1) is 14.4. The second kappa shape index (κ2) is 5.14. The molecule has 0 aliphatic rings. The number of nitrogens with two attached hydrogens (primary N) is 2. The smallest absolute Gasteiger partial charge is 0.240 e. The van der Waals surface area contributed by atoms with Gasteiger partial charge in [-0.2, -0.15) is 0 Å². The van der Waals surface area contributed by atoms with Crippen molar-refractivity contribution in [2.24, 2.45) is 5.14 Å². The number of sulfonamides is 1. The van der Waals surface area contributed by atoms with Crippen LogP contribution in [0.25, 0.3) is 0 Å². The van der Waals surface area contributed by atoms with E-state index in [0.29, 0.717) is 18.1 Å². The lowest BCUT2D eigenvalue weighted by atomic mass is 10.3. The molecule has 5 N–H and O–H groups in total. The molecule has 0 spiro atoms. The van der Waals surface area contributed by atoms with Gasteiger partial charge in [0.25, 0.3) is 0 Å². The summed E-state index contributed by atoms with van der Waals surface area (Å²) in [6.07, 6.45) is 0. The lowest BCUT2D eigenvalue weighted by Crippen LogP contribution is -2.14. The average Bonchev–Trinajstić information content (AvgIpc) is 2.65. The second-order valence-electron chi connectivity index (χ2n) is 4.40. The molecule has 0 fully saturated rings. The first-order valence-corrected chi connectivity index (χ1v) is 7.41. The van der Waals surface area contributed by atoms with E-state index in [1.807, 2.05) is 13.8 Å². The number of rotatable bonds is 4. The van der Waals surface area contributed by atoms with Crippen LogP contribution >= 0.6 is 0 Å². The van der Waals surface area contributed by atoms with Crippen molar-refractivity contribution in [3.63, 3.8) is 0 Å². The minimum absolute atomic E-state index is 0.0918. The first-order chi connectivity index (χ1) is 9.27. The van der Waals surface area contributed by atoms with Crippen molar-refractivity contribution in [1.29, 1.82) is 0 Å². The largest absolute Gasteiger partial charge is 0.444 e. The SMILES string of the molecule is Cc1nc(CNc2ccc(S(N)(=O)=O)c(N)c2)oc1C. The molecule has 0 saturated heterocycles. The molecule has 2 aromatic rings. The standard InChI is InChI=1S/C12H16N4O3S/c1-7-8(2)19-12(16-7)6-15-9-3-4-11(10(13)5-9)20(14,17)18/h3-5,15H,6,13H2,1-2H3,(H2,14,17,18). The van der Waals surface area contributed by atoms with Gasteiger partial charge in [0, 0.05) is 5.69 Å². The van der Waals surface area contributed by atoms with Gasteiger partial charge < -0.3 is 15.5 Å². The fourth-order valence-corrected chi connectivity index (χ4v) is 2.36. The maximum absolute atomic E-state index is 11.2. The first-order valence-electron chi connectivity index (χ1n) is 5.86. The Labute approximate surface area is 117 Å². The molecule has 108 valence electrons. The van der Waals surface area contributed by atoms with Crippen LogP contribution in [0.15, 0.2) is 27.5 Å². The lowest BCUT2D eigenvalue weighted by molar-refractivity contribution is 0.478. The molecule has 2 rings (SSSR count). The number of hydrogen-bond acceptors (Lipinski definition) is 6. The molecule has 0 aliphatic carbocycles. The molecular weight excluding hydrogens is 280 g/mol. The van der Waals surface area contributed by atoms with Crippen LogP contribution in [0.3, 0.4) is 0 Å². The highest BCUT2D eigenvalue weighted by Crippen LogP contribution is 2.21. The number of aromatic nitrogens is 1. The normalized spacial score (nSPS) is 11.6. The number of nitrogens with one attached hydrogen (secondary N) is 1. The van der Waals surface area contributed by atoms with E-state index < -0.39 is 10.0 Å². The number of anilines is 2. The summed E-state index contributed by atoms with van der Waals surface area (Å²) in [5.74, 6) is 1.32. The lowest BCUT2D eigenvalue weighted by Gasteiger charge is -2.07. The van der Waals surface area contributed by atoms with Crippen LogP contribution in [0, 0.1) is 13.8 Å². The number of nitrogens with zero attached hydrogens (tertiary/aromatic N) is 1. The maximum Gasteiger partial charge on any atom is 0.240 e. The molecule has 8 heteroatoms. The molecule has 0 bridgehead atoms. The van der Waals surface area contributed by atoms with Crippen LogP contribution in [-0.4, -0.2) is 13.4 Å². The number of primary sulfonamides is 1. The Kier molecular flexibility index (Phi) is 3.69. The van der Waals surface area contributed by atoms with Crippen molar-refractivity contribution < 1.29 is 12.8 Å². The third-order valence-corrected chi connectivity index (χ3v) is 3.82. The van der Waals surface area contributed by atoms with E-state index in [2.05, 4.69) is 10.3 Å². The van der Waals surface area contributed by atoms with E-state index >= 15 is 0 Å². The Morgan fingerprint density at radius 3 is 2.55 bits per heavy atom. The highest BCUT2D eigenvalue weighted by Gasteiger charge is 2.12. The summed E-state index contributed by atoms with van der Waals surface area (Å²) in [7, 11) is -3.80. The van der Waals surface area contributed by atoms with Gasteiger partial charge in [0.1, 0.15) is 10.7 Å². The molecule has 0 atom stereocenters. The summed E-state index contributed by atoms with van der Waals surface area (Å²) in [6, 6.07) is 4.44. The number of hydrogen-bond donors (Lipinski definition) is 3. The van der Waals surface area contributed by atoms with Crippen LogP contribution < -0.4 is 16.2 Å². The summed E-state index contributed by atoms with van der Waals surface area (Å²) >= 11 is 0. The molecule has 20 heavy (non-hydrogen) atoms. The molecule has 0 radical (unpaired) electrons. The van der Waals surface area contributed by atoms with Gasteiger partial charge in [0.2, 0.25) is 15.9 Å². The van der Waals surface area contributed by atoms with Crippen molar-refractivity contribution in [2.45, 2.75) is 25.3 Å². The summed E-state index contributed by atoms with van der Waals surface area (Å²) < 4.78 is 27.9. The van der Waals surface area contributed by atoms with Crippen molar-refractivity contribution in [2.75, 3.05) is 11.1 Å². The molecular formula is C12H16N4O3S. The van der Waals surface area contributed by atoms with Gasteiger partial charge in [-0.1, -0.05) is 0 Å². The second-order valence-corrected chi connectivity index (χ2v) is 5.93. The van der Waals surface area contributed by atoms with Crippen LogP contribution in [0.2, 0.25) is 0 Å². The highest BCUT2D eigenvalue weighted by molar-refractivity contribution is 7.89. The molecule has 1 aromatic carbocycles. The van der Waals surface area contributed by atoms with E-state index in [0.717, 1.165) is 11.5 Å². The third-order valence-electron chi connectivity index (χ3n) is 2.83. The monoisotopic (exact) mass is 296 g/mol. The zero-order valence-electron chi connectivity index (χ0n) is 11.2. The predicted octanol–water partition coefficient (Wildman–Crippen LogP) is 1.13. The Hall–Kier alpha value is -2.06. The summed E-state index contributed by atoms with van der Waals surface area (Å²) in [6.45, 7) is 4.08. The molecule has 0 aliphatic heterocycles. The van der Waals surface area contributed by atoms with Crippen molar-refractivity contribution in [3.8, 4) is 0 Å². The fraction of sp³-hybridized carbons (Fsp3) is 0.250. The summed E-state index contributed by atoms with van der Waals surface area (Å²) in [5, 5.41) is 8.09. The van der Waals surface area contributed by atoms with Crippen molar-refractivity contribution >= 4 is 21.4 Å². The van der Waals surface area contributed by atoms with E-state index in [1.165, 1.54) is 12.1 Å². The summed E-state index contributed by atoms with van der Waals surface area (Å²) in [5.41, 5.74) is 7.26. The molecule has 0 saturated carbocycles. The molecule has 0 amide bonds. The molecule has 1 heterocycles. The highest BCUT2D eigenvalue weighted by atomic mass is 32.2. The van der Waals surface area contributed by atoms with E-state index in [-0.39, 0.29) is 10.6 Å². The Morgan fingerprint density at radius 2 is 2.05 bits per heavy atom. The predicted molar refractivity (Wildman–Crippen MR) is 75.5 cm³/mol. The van der Waals surface area contributed by atoms with Crippen molar-refractivity contribution in [3.05, 3.63) is 35.5 Å². The zero-order chi connectivity index (χ0) is 14.9. The Balaban J connectivity index is 2.13. The van der Waals surface area contributed by atoms with Crippen LogP contribution in [0.1, 0.15) is 17.3 Å². The van der Waals surface area contributed by atoms with E-state index in [4.69, 9.17) is 15.3 Å². The minimum atomic E-state index is -3.80. The fourth-order valence-electron chi connectivity index (χ4n) is 1.71. The maximum atomic E-state index is 11.2. The Morgan fingerprint density at radius 1 is 1.35 bits per heavy atom. The van der Waals surface area contributed by atoms with E-state index in [9.17, 15) is 8.42 Å². The topological polar surface area (TPSA) is 124 Å². The van der Waals surface area contributed by atoms with Gasteiger partial charge >= 0.3 is 0 Å². The van der Waals surface area contributed by atoms with Crippen LogP contribution in [0.5, 0.6) is 0 Å². The number of aryl methyl sites for hydroxylation is 2. The summed E-state index contributed by atoms with van der Waals surface area (Å²) in [4.78, 5) is 4.14. The number of oxazole rings is 1. The molecule has 0 unspecified atom stereocenters. The van der Waals surface area contributed by atoms with Gasteiger partial charge in [0.15, 0.2) is 0 Å². The Bertz CT molecular complexity index is 718. The molecule has 7 nitrogen and oxygen atoms in total. The van der Waals surface area contributed by atoms with Crippen LogP contribution in [-0.2, 0) is 16.6 Å². The number of nitrogen functional groups attached to an aromatic ring is 1. The zero-order valence-corrected chi connectivity index (χ0v) is 12.0. The van der Waals surface area contributed by atoms with Gasteiger partial charge in [-0.25, -0.2) is 18.5 Å². The minimum Gasteiger partial charge on any atom is -0.444 e. The average molecular weight is 296 g/mol. The quantitative estimate of drug-likeness (QED) is 0.726. The van der Waals surface area contributed by atoms with Gasteiger partial charge in [0.05, 0.1) is 17.9 Å².